The first-order valence-corrected chi connectivity index (χ1v) is 5.99. The van der Waals surface area contributed by atoms with Crippen molar-refractivity contribution in [3.05, 3.63) is 53.1 Å². The molecule has 0 aliphatic rings. The van der Waals surface area contributed by atoms with Gasteiger partial charge in [0, 0.05) is 9.40 Å². The SMILES string of the molecule is [C-]#[N+]c1c(F)c(C#N)cc2c1sc1ccccc12. The van der Waals surface area contributed by atoms with Gasteiger partial charge >= 0.3 is 0 Å². The Morgan fingerprint density at radius 3 is 2.78 bits per heavy atom. The maximum Gasteiger partial charge on any atom is 0.240 e. The average Bonchev–Trinajstić information content (AvgIpc) is 2.76. The first-order valence-electron chi connectivity index (χ1n) is 5.17. The maximum absolute atomic E-state index is 13.9. The van der Waals surface area contributed by atoms with Crippen LogP contribution in [0.2, 0.25) is 0 Å². The van der Waals surface area contributed by atoms with Crippen LogP contribution in [0.4, 0.5) is 10.1 Å². The second-order valence-corrected chi connectivity index (χ2v) is 4.84. The molecule has 1 aromatic heterocycles. The second-order valence-electron chi connectivity index (χ2n) is 3.79. The van der Waals surface area contributed by atoms with E-state index in [2.05, 4.69) is 4.85 Å². The standard InChI is InChI=1S/C14H5FN2S/c1-17-13-12(15)8(7-16)6-10-9-4-2-3-5-11(9)18-14(10)13/h2-6H. The molecule has 0 bridgehead atoms. The highest BCUT2D eigenvalue weighted by Gasteiger charge is 2.17. The summed E-state index contributed by atoms with van der Waals surface area (Å²) in [5, 5.41) is 10.7. The van der Waals surface area contributed by atoms with E-state index in [-0.39, 0.29) is 11.3 Å². The average molecular weight is 252 g/mol. The molecule has 2 nitrogen and oxygen atoms in total. The zero-order valence-electron chi connectivity index (χ0n) is 9.07. The zero-order chi connectivity index (χ0) is 12.7. The molecule has 18 heavy (non-hydrogen) atoms. The quantitative estimate of drug-likeness (QED) is 0.537. The number of rotatable bonds is 0. The van der Waals surface area contributed by atoms with Crippen LogP contribution < -0.4 is 0 Å². The molecule has 0 atom stereocenters. The Balaban J connectivity index is 2.62. The van der Waals surface area contributed by atoms with Gasteiger partial charge in [-0.15, -0.1) is 11.3 Å². The summed E-state index contributed by atoms with van der Waals surface area (Å²) in [6.45, 7) is 7.09. The molecule has 0 fully saturated rings. The molecule has 4 heteroatoms. The van der Waals surface area contributed by atoms with E-state index in [0.29, 0.717) is 4.70 Å². The number of nitriles is 1. The summed E-state index contributed by atoms with van der Waals surface area (Å²) in [7, 11) is 0. The molecule has 1 heterocycles. The van der Waals surface area contributed by atoms with Crippen molar-refractivity contribution in [2.75, 3.05) is 0 Å². The summed E-state index contributed by atoms with van der Waals surface area (Å²) in [6.07, 6.45) is 0. The fourth-order valence-electron chi connectivity index (χ4n) is 2.00. The van der Waals surface area contributed by atoms with Crippen molar-refractivity contribution < 1.29 is 4.39 Å². The minimum Gasteiger partial charge on any atom is -0.233 e. The van der Waals surface area contributed by atoms with Crippen LogP contribution in [0, 0.1) is 23.7 Å². The van der Waals surface area contributed by atoms with Crippen LogP contribution in [0.25, 0.3) is 25.0 Å². The van der Waals surface area contributed by atoms with Crippen LogP contribution in [-0.4, -0.2) is 0 Å². The molecular formula is C14H5FN2S. The van der Waals surface area contributed by atoms with E-state index in [1.807, 2.05) is 24.3 Å². The van der Waals surface area contributed by atoms with Gasteiger partial charge in [0.2, 0.25) is 5.69 Å². The van der Waals surface area contributed by atoms with E-state index in [4.69, 9.17) is 11.8 Å². The van der Waals surface area contributed by atoms with Gasteiger partial charge in [-0.05, 0) is 22.9 Å². The molecule has 3 rings (SSSR count). The van der Waals surface area contributed by atoms with Gasteiger partial charge in [0.15, 0.2) is 0 Å². The Labute approximate surface area is 106 Å². The molecule has 0 saturated carbocycles. The Bertz CT molecular complexity index is 865. The predicted octanol–water partition coefficient (Wildman–Crippen LogP) is 4.62. The third-order valence-electron chi connectivity index (χ3n) is 2.81. The van der Waals surface area contributed by atoms with Crippen molar-refractivity contribution in [2.24, 2.45) is 0 Å². The molecule has 0 unspecified atom stereocenters. The summed E-state index contributed by atoms with van der Waals surface area (Å²) in [5.74, 6) is -0.716. The van der Waals surface area contributed by atoms with Crippen molar-refractivity contribution in [1.82, 2.24) is 0 Å². The fraction of sp³-hybridized carbons (Fsp3) is 0. The Kier molecular flexibility index (Phi) is 2.26. The molecule has 0 radical (unpaired) electrons. The van der Waals surface area contributed by atoms with Gasteiger partial charge in [-0.3, -0.25) is 0 Å². The summed E-state index contributed by atoms with van der Waals surface area (Å²) in [6, 6.07) is 11.0. The monoisotopic (exact) mass is 252 g/mol. The van der Waals surface area contributed by atoms with E-state index >= 15 is 0 Å². The lowest BCUT2D eigenvalue weighted by molar-refractivity contribution is 0.631. The lowest BCUT2D eigenvalue weighted by Crippen LogP contribution is -1.83. The summed E-state index contributed by atoms with van der Waals surface area (Å²) in [5.41, 5.74) is -0.123. The van der Waals surface area contributed by atoms with E-state index in [1.165, 1.54) is 17.4 Å². The van der Waals surface area contributed by atoms with Crippen molar-refractivity contribution in [3.8, 4) is 6.07 Å². The van der Waals surface area contributed by atoms with Crippen LogP contribution in [0.3, 0.4) is 0 Å². The number of fused-ring (bicyclic) bond motifs is 3. The van der Waals surface area contributed by atoms with Gasteiger partial charge in [0.1, 0.15) is 11.9 Å². The number of thiophene rings is 1. The lowest BCUT2D eigenvalue weighted by Gasteiger charge is -1.99. The minimum atomic E-state index is -0.716. The second kappa shape index (κ2) is 3.80. The predicted molar refractivity (Wildman–Crippen MR) is 70.3 cm³/mol. The molecule has 0 saturated heterocycles. The van der Waals surface area contributed by atoms with Gasteiger partial charge < -0.3 is 0 Å². The van der Waals surface area contributed by atoms with Gasteiger partial charge in [0.05, 0.1) is 12.1 Å². The number of halogens is 1. The van der Waals surface area contributed by atoms with Crippen LogP contribution in [0.1, 0.15) is 5.56 Å². The first-order chi connectivity index (χ1) is 8.76. The molecule has 0 N–H and O–H groups in total. The smallest absolute Gasteiger partial charge is 0.233 e. The normalized spacial score (nSPS) is 10.4. The number of benzene rings is 2. The Hall–Kier alpha value is -2.43. The van der Waals surface area contributed by atoms with Crippen molar-refractivity contribution in [2.45, 2.75) is 0 Å². The fourth-order valence-corrected chi connectivity index (χ4v) is 3.17. The molecular weight excluding hydrogens is 247 g/mol. The highest BCUT2D eigenvalue weighted by atomic mass is 32.1. The lowest BCUT2D eigenvalue weighted by atomic mass is 10.1. The number of hydrogen-bond acceptors (Lipinski definition) is 2. The highest BCUT2D eigenvalue weighted by Crippen LogP contribution is 2.41. The van der Waals surface area contributed by atoms with Crippen LogP contribution in [0.15, 0.2) is 30.3 Å². The molecule has 3 aromatic rings. The molecule has 0 aliphatic heterocycles. The van der Waals surface area contributed by atoms with E-state index in [9.17, 15) is 4.39 Å². The van der Waals surface area contributed by atoms with Gasteiger partial charge in [-0.1, -0.05) is 18.2 Å². The van der Waals surface area contributed by atoms with Crippen LogP contribution >= 0.6 is 11.3 Å². The molecule has 0 amide bonds. The molecule has 0 spiro atoms. The summed E-state index contributed by atoms with van der Waals surface area (Å²) >= 11 is 1.38. The zero-order valence-corrected chi connectivity index (χ0v) is 9.88. The summed E-state index contributed by atoms with van der Waals surface area (Å²) < 4.78 is 15.5. The summed E-state index contributed by atoms with van der Waals surface area (Å²) in [4.78, 5) is 3.24. The highest BCUT2D eigenvalue weighted by molar-refractivity contribution is 7.26. The van der Waals surface area contributed by atoms with Crippen molar-refractivity contribution in [1.29, 1.82) is 5.26 Å². The van der Waals surface area contributed by atoms with Crippen molar-refractivity contribution >= 4 is 37.2 Å². The van der Waals surface area contributed by atoms with E-state index in [1.54, 1.807) is 6.07 Å². The maximum atomic E-state index is 13.9. The first kappa shape index (κ1) is 10.7. The minimum absolute atomic E-state index is 0.0507. The topological polar surface area (TPSA) is 28.1 Å². The van der Waals surface area contributed by atoms with Gasteiger partial charge in [-0.2, -0.15) is 5.26 Å². The number of nitrogens with zero attached hydrogens (tertiary/aromatic N) is 2. The Morgan fingerprint density at radius 2 is 2.06 bits per heavy atom. The Morgan fingerprint density at radius 1 is 1.28 bits per heavy atom. The third kappa shape index (κ3) is 1.30. The van der Waals surface area contributed by atoms with Crippen molar-refractivity contribution in [3.63, 3.8) is 0 Å². The van der Waals surface area contributed by atoms with Crippen LogP contribution in [0.5, 0.6) is 0 Å². The van der Waals surface area contributed by atoms with E-state index in [0.717, 1.165) is 15.5 Å². The van der Waals surface area contributed by atoms with Gasteiger partial charge in [0.25, 0.3) is 0 Å². The molecule has 0 aliphatic carbocycles. The number of hydrogen-bond donors (Lipinski definition) is 0. The third-order valence-corrected chi connectivity index (χ3v) is 4.01. The molecule has 84 valence electrons. The van der Waals surface area contributed by atoms with Gasteiger partial charge in [-0.25, -0.2) is 9.24 Å². The largest absolute Gasteiger partial charge is 0.240 e. The van der Waals surface area contributed by atoms with E-state index < -0.39 is 5.82 Å². The van der Waals surface area contributed by atoms with Crippen LogP contribution in [-0.2, 0) is 0 Å². The molecule has 2 aromatic carbocycles.